The molecule has 2 aliphatic heterocycles. The Bertz CT molecular complexity index is 1200. The third-order valence-corrected chi connectivity index (χ3v) is 6.09. The average Bonchev–Trinajstić information content (AvgIpc) is 3.38. The Labute approximate surface area is 178 Å². The maximum Gasteiger partial charge on any atom is 0.253 e. The molecule has 3 heterocycles. The first-order chi connectivity index (χ1) is 15.0. The maximum absolute atomic E-state index is 13.6. The summed E-state index contributed by atoms with van der Waals surface area (Å²) in [5.74, 6) is 0.116. The molecule has 31 heavy (non-hydrogen) atoms. The summed E-state index contributed by atoms with van der Waals surface area (Å²) in [6, 6.07) is 5.67. The van der Waals surface area contributed by atoms with Crippen LogP contribution in [-0.2, 0) is 0 Å². The normalized spacial score (nSPS) is 23.3. The number of H-pyrrole nitrogens is 1. The van der Waals surface area contributed by atoms with E-state index in [9.17, 15) is 9.18 Å². The van der Waals surface area contributed by atoms with Gasteiger partial charge in [-0.2, -0.15) is 5.10 Å². The van der Waals surface area contributed by atoms with Crippen molar-refractivity contribution in [3.05, 3.63) is 65.7 Å². The van der Waals surface area contributed by atoms with Gasteiger partial charge in [-0.1, -0.05) is 24.3 Å². The van der Waals surface area contributed by atoms with Crippen molar-refractivity contribution in [3.8, 4) is 0 Å². The fourth-order valence-corrected chi connectivity index (χ4v) is 4.32. The van der Waals surface area contributed by atoms with E-state index in [2.05, 4.69) is 26.5 Å². The summed E-state index contributed by atoms with van der Waals surface area (Å²) >= 11 is 0. The number of allylic oxidation sites excluding steroid dienone is 3. The first kappa shape index (κ1) is 19.3. The highest BCUT2D eigenvalue weighted by molar-refractivity contribution is 6.07. The summed E-state index contributed by atoms with van der Waals surface area (Å²) in [4.78, 5) is 20.3. The van der Waals surface area contributed by atoms with E-state index in [0.29, 0.717) is 17.8 Å². The lowest BCUT2D eigenvalue weighted by Crippen LogP contribution is -2.40. The zero-order valence-corrected chi connectivity index (χ0v) is 17.0. The molecule has 158 valence electrons. The molecule has 3 aliphatic rings. The predicted molar refractivity (Wildman–Crippen MR) is 120 cm³/mol. The molecule has 1 aromatic heterocycles. The minimum atomic E-state index is -0.195. The molecular weight excluding hydrogens is 395 g/mol. The van der Waals surface area contributed by atoms with E-state index in [1.807, 2.05) is 36.2 Å². The lowest BCUT2D eigenvalue weighted by atomic mass is 9.93. The molecule has 0 radical (unpaired) electrons. The minimum Gasteiger partial charge on any atom is -0.385 e. The van der Waals surface area contributed by atoms with Crippen LogP contribution in [0.25, 0.3) is 16.6 Å². The number of carbonyl (C=O) groups is 1. The number of halogens is 1. The van der Waals surface area contributed by atoms with Crippen molar-refractivity contribution in [1.29, 1.82) is 0 Å². The molecule has 3 unspecified atom stereocenters. The second-order valence-corrected chi connectivity index (χ2v) is 8.06. The Balaban J connectivity index is 1.39. The third kappa shape index (κ3) is 3.43. The Hall–Kier alpha value is -3.68. The number of fused-ring (bicyclic) bond motifs is 2. The van der Waals surface area contributed by atoms with Crippen LogP contribution in [0.15, 0.2) is 64.6 Å². The fraction of sp³-hybridized carbons (Fsp3) is 0.261. The zero-order valence-electron chi connectivity index (χ0n) is 17.0. The molecule has 7 nitrogen and oxygen atoms in total. The Morgan fingerprint density at radius 1 is 1.42 bits per heavy atom. The molecule has 0 saturated heterocycles. The highest BCUT2D eigenvalue weighted by atomic mass is 19.1. The van der Waals surface area contributed by atoms with E-state index >= 15 is 0 Å². The molecule has 4 N–H and O–H groups in total. The monoisotopic (exact) mass is 418 g/mol. The van der Waals surface area contributed by atoms with Crippen LogP contribution in [0.5, 0.6) is 0 Å². The van der Waals surface area contributed by atoms with Crippen molar-refractivity contribution in [1.82, 2.24) is 15.3 Å². The van der Waals surface area contributed by atoms with Gasteiger partial charge in [-0.25, -0.2) is 9.38 Å². The molecule has 8 heteroatoms. The lowest BCUT2D eigenvalue weighted by molar-refractivity contribution is 0.0932. The molecule has 0 saturated carbocycles. The van der Waals surface area contributed by atoms with Crippen LogP contribution in [0.1, 0.15) is 35.7 Å². The van der Waals surface area contributed by atoms with Crippen molar-refractivity contribution in [3.63, 3.8) is 0 Å². The second kappa shape index (κ2) is 7.54. The van der Waals surface area contributed by atoms with Gasteiger partial charge < -0.3 is 16.0 Å². The number of hydrogen-bond donors (Lipinski definition) is 3. The summed E-state index contributed by atoms with van der Waals surface area (Å²) in [6.07, 6.45) is 11.4. The van der Waals surface area contributed by atoms with Crippen LogP contribution in [0.3, 0.4) is 0 Å². The van der Waals surface area contributed by atoms with Gasteiger partial charge in [0, 0.05) is 41.0 Å². The van der Waals surface area contributed by atoms with Gasteiger partial charge in [0.25, 0.3) is 5.91 Å². The number of aromatic nitrogens is 1. The van der Waals surface area contributed by atoms with Crippen molar-refractivity contribution >= 4 is 34.7 Å². The first-order valence-corrected chi connectivity index (χ1v) is 10.3. The Kier molecular flexibility index (Phi) is 4.69. The number of hydrazone groups is 1. The number of nitrogens with two attached hydrogens (primary N) is 1. The molecule has 3 atom stereocenters. The molecule has 0 bridgehead atoms. The number of aromatic amines is 1. The van der Waals surface area contributed by atoms with Gasteiger partial charge in [-0.15, -0.1) is 0 Å². The number of amides is 1. The van der Waals surface area contributed by atoms with E-state index in [0.717, 1.165) is 28.6 Å². The highest BCUT2D eigenvalue weighted by Crippen LogP contribution is 2.33. The number of aliphatic imine (C=N–C) groups is 1. The summed E-state index contributed by atoms with van der Waals surface area (Å²) in [7, 11) is 0. The molecular formula is C23H23FN6O. The predicted octanol–water partition coefficient (Wildman–Crippen LogP) is 3.45. The summed E-state index contributed by atoms with van der Waals surface area (Å²) in [5.41, 5.74) is 9.32. The smallest absolute Gasteiger partial charge is 0.253 e. The number of benzene rings is 1. The van der Waals surface area contributed by atoms with Gasteiger partial charge in [0.2, 0.25) is 0 Å². The Morgan fingerprint density at radius 3 is 3.13 bits per heavy atom. The van der Waals surface area contributed by atoms with Gasteiger partial charge in [0.15, 0.2) is 0 Å². The van der Waals surface area contributed by atoms with E-state index in [1.54, 1.807) is 12.3 Å². The van der Waals surface area contributed by atoms with Gasteiger partial charge in [0.05, 0.1) is 11.3 Å². The molecule has 1 aliphatic carbocycles. The van der Waals surface area contributed by atoms with Gasteiger partial charge in [0.1, 0.15) is 24.0 Å². The van der Waals surface area contributed by atoms with Crippen molar-refractivity contribution in [2.24, 2.45) is 21.7 Å². The first-order valence-electron chi connectivity index (χ1n) is 10.3. The van der Waals surface area contributed by atoms with E-state index in [1.165, 1.54) is 12.4 Å². The van der Waals surface area contributed by atoms with E-state index in [-0.39, 0.29) is 29.7 Å². The molecule has 0 fully saturated rings. The van der Waals surface area contributed by atoms with Gasteiger partial charge in [-0.3, -0.25) is 9.80 Å². The average molecular weight is 418 g/mol. The Morgan fingerprint density at radius 2 is 2.29 bits per heavy atom. The quantitative estimate of drug-likeness (QED) is 0.709. The van der Waals surface area contributed by atoms with Crippen molar-refractivity contribution in [2.45, 2.75) is 31.8 Å². The van der Waals surface area contributed by atoms with Crippen molar-refractivity contribution < 1.29 is 9.18 Å². The van der Waals surface area contributed by atoms with Crippen LogP contribution in [0.4, 0.5) is 4.39 Å². The second-order valence-electron chi connectivity index (χ2n) is 8.06. The SMILES string of the molecule is CC(NC(=O)c1c[nH]c2ccc(C3=CCC4C(N)=NC=NN34)cc12)C1C=CC=C(F)C1. The molecule has 1 amide bonds. The minimum absolute atomic E-state index is 0.0662. The van der Waals surface area contributed by atoms with Crippen LogP contribution in [0, 0.1) is 5.92 Å². The summed E-state index contributed by atoms with van der Waals surface area (Å²) in [6.45, 7) is 1.90. The zero-order chi connectivity index (χ0) is 21.5. The van der Waals surface area contributed by atoms with Crippen LogP contribution < -0.4 is 11.1 Å². The van der Waals surface area contributed by atoms with E-state index in [4.69, 9.17) is 5.73 Å². The standard InChI is InChI=1S/C23H23FN6O/c1-13(14-3-2-4-16(24)9-14)29-23(31)18-11-26-19-6-5-15(10-17(18)19)20-7-8-21-22(25)27-12-28-30(20)21/h2-7,10-14,21,26H,8-9H2,1H3,(H,29,31)(H2,25,27,28). The van der Waals surface area contributed by atoms with Crippen LogP contribution in [0.2, 0.25) is 0 Å². The highest BCUT2D eigenvalue weighted by Gasteiger charge is 2.31. The van der Waals surface area contributed by atoms with Gasteiger partial charge in [-0.05, 0) is 31.6 Å². The molecule has 2 aromatic rings. The van der Waals surface area contributed by atoms with Gasteiger partial charge >= 0.3 is 0 Å². The maximum atomic E-state index is 13.6. The topological polar surface area (TPSA) is 98.9 Å². The number of carbonyl (C=O) groups excluding carboxylic acids is 1. The molecule has 0 spiro atoms. The van der Waals surface area contributed by atoms with Crippen LogP contribution in [-0.4, -0.2) is 40.2 Å². The number of nitrogens with one attached hydrogen (secondary N) is 2. The van der Waals surface area contributed by atoms with E-state index < -0.39 is 0 Å². The number of hydrogen-bond acceptors (Lipinski definition) is 5. The number of amidine groups is 1. The molecule has 1 aromatic carbocycles. The molecule has 5 rings (SSSR count). The fourth-order valence-electron chi connectivity index (χ4n) is 4.32. The summed E-state index contributed by atoms with van der Waals surface area (Å²) < 4.78 is 13.6. The van der Waals surface area contributed by atoms with Crippen LogP contribution >= 0.6 is 0 Å². The summed E-state index contributed by atoms with van der Waals surface area (Å²) in [5, 5.41) is 10.1. The lowest BCUT2D eigenvalue weighted by Gasteiger charge is -2.26. The van der Waals surface area contributed by atoms with Crippen molar-refractivity contribution in [2.75, 3.05) is 0 Å². The number of rotatable bonds is 4. The number of nitrogens with zero attached hydrogens (tertiary/aromatic N) is 3. The largest absolute Gasteiger partial charge is 0.385 e. The third-order valence-electron chi connectivity index (χ3n) is 6.09.